The number of aromatic nitrogens is 4. The number of rotatable bonds is 6. The van der Waals surface area contributed by atoms with Crippen LogP contribution in [-0.4, -0.2) is 33.2 Å². The van der Waals surface area contributed by atoms with Crippen molar-refractivity contribution in [2.45, 2.75) is 0 Å². The fourth-order valence-corrected chi connectivity index (χ4v) is 2.97. The molecule has 0 fully saturated rings. The summed E-state index contributed by atoms with van der Waals surface area (Å²) in [6.45, 7) is 0. The maximum absolute atomic E-state index is 11.6. The van der Waals surface area contributed by atoms with Gasteiger partial charge in [0, 0.05) is 16.3 Å². The first-order valence-electron chi connectivity index (χ1n) is 8.56. The Morgan fingerprint density at radius 1 is 1.14 bits per heavy atom. The van der Waals surface area contributed by atoms with Crippen molar-refractivity contribution in [3.8, 4) is 5.75 Å². The Balaban J connectivity index is 1.69. The monoisotopic (exact) mass is 406 g/mol. The summed E-state index contributed by atoms with van der Waals surface area (Å²) in [5, 5.41) is 14.5. The van der Waals surface area contributed by atoms with Crippen LogP contribution in [0.2, 0.25) is 5.02 Å². The van der Waals surface area contributed by atoms with E-state index in [1.165, 1.54) is 6.33 Å². The van der Waals surface area contributed by atoms with Gasteiger partial charge in [-0.3, -0.25) is 5.10 Å². The fourth-order valence-electron chi connectivity index (χ4n) is 2.78. The number of H-pyrrole nitrogens is 1. The average molecular weight is 407 g/mol. The summed E-state index contributed by atoms with van der Waals surface area (Å²) in [4.78, 5) is 20.1. The van der Waals surface area contributed by atoms with E-state index in [-0.39, 0.29) is 5.70 Å². The number of aromatic amines is 1. The lowest BCUT2D eigenvalue weighted by Gasteiger charge is -2.09. The van der Waals surface area contributed by atoms with E-state index in [1.807, 2.05) is 18.1 Å². The summed E-state index contributed by atoms with van der Waals surface area (Å²) in [6, 6.07) is 14.3. The van der Waals surface area contributed by atoms with Crippen LogP contribution >= 0.6 is 11.6 Å². The quantitative estimate of drug-likeness (QED) is 0.415. The zero-order chi connectivity index (χ0) is 20.2. The third-order valence-electron chi connectivity index (χ3n) is 4.17. The van der Waals surface area contributed by atoms with Crippen LogP contribution in [0.5, 0.6) is 5.75 Å². The zero-order valence-electron chi connectivity index (χ0n) is 15.2. The first kappa shape index (κ1) is 18.5. The molecule has 0 atom stereocenters. The van der Waals surface area contributed by atoms with Gasteiger partial charge in [0.25, 0.3) is 0 Å². The van der Waals surface area contributed by atoms with Crippen molar-refractivity contribution in [3.63, 3.8) is 0 Å². The Hall–Kier alpha value is -3.87. The van der Waals surface area contributed by atoms with Gasteiger partial charge in [-0.15, -0.1) is 0 Å². The fraction of sp³-hybridized carbons (Fsp3) is 0.0500. The van der Waals surface area contributed by atoms with Crippen LogP contribution in [0.3, 0.4) is 0 Å². The molecule has 0 saturated carbocycles. The highest BCUT2D eigenvalue weighted by molar-refractivity contribution is 6.30. The predicted octanol–water partition coefficient (Wildman–Crippen LogP) is 4.04. The summed E-state index contributed by atoms with van der Waals surface area (Å²) in [5.74, 6) is 3.50. The molecule has 9 heteroatoms. The molecule has 0 aliphatic carbocycles. The van der Waals surface area contributed by atoms with Crippen molar-refractivity contribution in [1.82, 2.24) is 20.2 Å². The molecule has 0 amide bonds. The molecule has 0 bridgehead atoms. The van der Waals surface area contributed by atoms with E-state index in [2.05, 4.69) is 30.8 Å². The second-order valence-electron chi connectivity index (χ2n) is 5.98. The molecule has 3 N–H and O–H groups in total. The van der Waals surface area contributed by atoms with Crippen molar-refractivity contribution >= 4 is 51.6 Å². The topological polar surface area (TPSA) is 105 Å². The summed E-state index contributed by atoms with van der Waals surface area (Å²) >= 11 is 6.06. The number of halogens is 1. The highest BCUT2D eigenvalue weighted by atomic mass is 35.5. The minimum Gasteiger partial charge on any atom is -0.497 e. The molecule has 2 aromatic heterocycles. The summed E-state index contributed by atoms with van der Waals surface area (Å²) < 4.78 is 5.15. The summed E-state index contributed by atoms with van der Waals surface area (Å²) in [5.41, 5.74) is 2.12. The first-order valence-corrected chi connectivity index (χ1v) is 8.94. The Labute approximate surface area is 170 Å². The third-order valence-corrected chi connectivity index (χ3v) is 4.40. The molecule has 2 aromatic carbocycles. The lowest BCUT2D eigenvalue weighted by molar-refractivity contribution is 0.415. The van der Waals surface area contributed by atoms with Gasteiger partial charge in [-0.25, -0.2) is 14.8 Å². The smallest absolute Gasteiger partial charge is 0.166 e. The predicted molar refractivity (Wildman–Crippen MR) is 112 cm³/mol. The van der Waals surface area contributed by atoms with E-state index in [1.54, 1.807) is 43.5 Å². The molecule has 4 rings (SSSR count). The lowest BCUT2D eigenvalue weighted by Crippen LogP contribution is -2.02. The van der Waals surface area contributed by atoms with Crippen LogP contribution in [0.25, 0.3) is 16.7 Å². The van der Waals surface area contributed by atoms with Gasteiger partial charge in [0.05, 0.1) is 7.11 Å². The number of hydrogen-bond donors (Lipinski definition) is 3. The van der Waals surface area contributed by atoms with Crippen LogP contribution in [0.1, 0.15) is 5.56 Å². The standard InChI is InChI=1S/C20H15ClN6O2/c1-29-15-7-5-12(6-8-15)16(10-28)25-20-17-18(22-11-23-19(17)26-27-20)24-14-4-2-3-13(21)9-14/h2-9,11H,1H3,(H3,22,23,24,25,26,27). The molecule has 8 nitrogen and oxygen atoms in total. The van der Waals surface area contributed by atoms with Crippen LogP contribution in [0.4, 0.5) is 17.3 Å². The van der Waals surface area contributed by atoms with Gasteiger partial charge in [0.15, 0.2) is 17.4 Å². The number of benzene rings is 2. The molecule has 2 heterocycles. The molecular formula is C20H15ClN6O2. The van der Waals surface area contributed by atoms with Gasteiger partial charge in [-0.1, -0.05) is 17.7 Å². The second kappa shape index (κ2) is 8.02. The zero-order valence-corrected chi connectivity index (χ0v) is 16.0. The highest BCUT2D eigenvalue weighted by Crippen LogP contribution is 2.30. The molecule has 4 aromatic rings. The van der Waals surface area contributed by atoms with Crippen molar-refractivity contribution in [2.75, 3.05) is 17.7 Å². The number of methoxy groups -OCH3 is 1. The molecule has 0 saturated heterocycles. The molecule has 0 spiro atoms. The number of anilines is 3. The normalized spacial score (nSPS) is 10.4. The number of nitrogens with zero attached hydrogens (tertiary/aromatic N) is 3. The molecule has 0 radical (unpaired) electrons. The van der Waals surface area contributed by atoms with Crippen LogP contribution in [0, 0.1) is 0 Å². The van der Waals surface area contributed by atoms with Gasteiger partial charge in [0.1, 0.15) is 29.0 Å². The van der Waals surface area contributed by atoms with Gasteiger partial charge >= 0.3 is 0 Å². The molecule has 0 aliphatic heterocycles. The number of fused-ring (bicyclic) bond motifs is 1. The van der Waals surface area contributed by atoms with E-state index >= 15 is 0 Å². The summed E-state index contributed by atoms with van der Waals surface area (Å²) in [6.07, 6.45) is 1.41. The molecule has 144 valence electrons. The van der Waals surface area contributed by atoms with Crippen LogP contribution in [-0.2, 0) is 4.79 Å². The lowest BCUT2D eigenvalue weighted by atomic mass is 10.1. The molecule has 0 unspecified atom stereocenters. The van der Waals surface area contributed by atoms with Gasteiger partial charge in [-0.05, 0) is 42.5 Å². The minimum atomic E-state index is 0.221. The van der Waals surface area contributed by atoms with E-state index in [0.29, 0.717) is 39.0 Å². The Kier molecular flexibility index (Phi) is 5.11. The number of ether oxygens (including phenoxy) is 1. The summed E-state index contributed by atoms with van der Waals surface area (Å²) in [7, 11) is 1.58. The van der Waals surface area contributed by atoms with Crippen molar-refractivity contribution in [1.29, 1.82) is 0 Å². The number of hydrogen-bond acceptors (Lipinski definition) is 7. The maximum atomic E-state index is 11.6. The van der Waals surface area contributed by atoms with Crippen molar-refractivity contribution in [3.05, 3.63) is 65.4 Å². The molecule has 29 heavy (non-hydrogen) atoms. The number of carbonyl (C=O) groups excluding carboxylic acids is 1. The Morgan fingerprint density at radius 3 is 2.69 bits per heavy atom. The number of nitrogens with one attached hydrogen (secondary N) is 3. The second-order valence-corrected chi connectivity index (χ2v) is 6.42. The third kappa shape index (κ3) is 3.89. The van der Waals surface area contributed by atoms with Gasteiger partial charge < -0.3 is 15.4 Å². The highest BCUT2D eigenvalue weighted by Gasteiger charge is 2.15. The molecule has 0 aliphatic rings. The maximum Gasteiger partial charge on any atom is 0.166 e. The van der Waals surface area contributed by atoms with E-state index < -0.39 is 0 Å². The average Bonchev–Trinajstić information content (AvgIpc) is 3.16. The van der Waals surface area contributed by atoms with Gasteiger partial charge in [0.2, 0.25) is 0 Å². The van der Waals surface area contributed by atoms with Crippen LogP contribution in [0.15, 0.2) is 54.9 Å². The van der Waals surface area contributed by atoms with Crippen LogP contribution < -0.4 is 15.4 Å². The van der Waals surface area contributed by atoms with Crippen molar-refractivity contribution < 1.29 is 9.53 Å². The first-order chi connectivity index (χ1) is 14.2. The van der Waals surface area contributed by atoms with Gasteiger partial charge in [-0.2, -0.15) is 5.10 Å². The van der Waals surface area contributed by atoms with E-state index in [4.69, 9.17) is 16.3 Å². The Morgan fingerprint density at radius 2 is 1.97 bits per heavy atom. The Bertz CT molecular complexity index is 1220. The van der Waals surface area contributed by atoms with E-state index in [9.17, 15) is 4.79 Å². The minimum absolute atomic E-state index is 0.221. The SMILES string of the molecule is COc1ccc(C(=C=O)Nc2n[nH]c3ncnc(Nc4cccc(Cl)c4)c23)cc1. The largest absolute Gasteiger partial charge is 0.497 e. The van der Waals surface area contributed by atoms with Crippen molar-refractivity contribution in [2.24, 2.45) is 0 Å². The molecular weight excluding hydrogens is 392 g/mol. The van der Waals surface area contributed by atoms with E-state index in [0.717, 1.165) is 5.69 Å².